The van der Waals surface area contributed by atoms with Gasteiger partial charge in [0.2, 0.25) is 0 Å². The van der Waals surface area contributed by atoms with Crippen LogP contribution in [0.3, 0.4) is 0 Å². The maximum atomic E-state index is 12.4. The van der Waals surface area contributed by atoms with E-state index >= 15 is 0 Å². The van der Waals surface area contributed by atoms with Crippen molar-refractivity contribution in [3.8, 4) is 0 Å². The first-order valence-corrected chi connectivity index (χ1v) is 7.77. The average molecular weight is 274 g/mol. The zero-order valence-corrected chi connectivity index (χ0v) is 12.8. The van der Waals surface area contributed by atoms with Crippen molar-refractivity contribution in [3.63, 3.8) is 0 Å². The molecule has 1 aliphatic carbocycles. The molecule has 1 amide bonds. The predicted octanol–water partition coefficient (Wildman–Crippen LogP) is 3.74. The van der Waals surface area contributed by atoms with Crippen LogP contribution in [-0.4, -0.2) is 18.5 Å². The molecule has 2 atom stereocenters. The van der Waals surface area contributed by atoms with Gasteiger partial charge in [0.25, 0.3) is 5.91 Å². The summed E-state index contributed by atoms with van der Waals surface area (Å²) in [6, 6.07) is 6.33. The second-order valence-electron chi connectivity index (χ2n) is 5.94. The minimum Gasteiger partial charge on any atom is -0.385 e. The summed E-state index contributed by atoms with van der Waals surface area (Å²) in [7, 11) is 0. The first kappa shape index (κ1) is 14.9. The van der Waals surface area contributed by atoms with E-state index in [9.17, 15) is 4.79 Å². The van der Waals surface area contributed by atoms with E-state index in [0.717, 1.165) is 36.2 Å². The molecule has 20 heavy (non-hydrogen) atoms. The van der Waals surface area contributed by atoms with Crippen molar-refractivity contribution >= 4 is 11.6 Å². The molecule has 1 aromatic rings. The number of aryl methyl sites for hydroxylation is 1. The smallest absolute Gasteiger partial charge is 0.251 e. The van der Waals surface area contributed by atoms with Gasteiger partial charge in [0.05, 0.1) is 0 Å². The maximum absolute atomic E-state index is 12.4. The standard InChI is InChI=1S/C17H26N2O/c1-4-10-18-14-8-9-15(13(3)11-14)17(20)19-16-7-5-6-12(16)2/h8-9,11-12,16,18H,4-7,10H2,1-3H3,(H,19,20). The quantitative estimate of drug-likeness (QED) is 0.859. The highest BCUT2D eigenvalue weighted by atomic mass is 16.1. The lowest BCUT2D eigenvalue weighted by Gasteiger charge is -2.18. The van der Waals surface area contributed by atoms with E-state index in [4.69, 9.17) is 0 Å². The number of hydrogen-bond donors (Lipinski definition) is 2. The molecule has 0 aliphatic heterocycles. The van der Waals surface area contributed by atoms with E-state index in [-0.39, 0.29) is 5.91 Å². The molecule has 3 heteroatoms. The van der Waals surface area contributed by atoms with Gasteiger partial charge in [-0.15, -0.1) is 0 Å². The lowest BCUT2D eigenvalue weighted by Crippen LogP contribution is -2.36. The maximum Gasteiger partial charge on any atom is 0.251 e. The van der Waals surface area contributed by atoms with E-state index < -0.39 is 0 Å². The molecule has 2 rings (SSSR count). The Morgan fingerprint density at radius 2 is 2.15 bits per heavy atom. The highest BCUT2D eigenvalue weighted by molar-refractivity contribution is 5.96. The van der Waals surface area contributed by atoms with Gasteiger partial charge in [0.1, 0.15) is 0 Å². The summed E-state index contributed by atoms with van der Waals surface area (Å²) < 4.78 is 0. The second-order valence-corrected chi connectivity index (χ2v) is 5.94. The van der Waals surface area contributed by atoms with Crippen molar-refractivity contribution in [2.24, 2.45) is 5.92 Å². The van der Waals surface area contributed by atoms with Crippen LogP contribution in [0.5, 0.6) is 0 Å². The van der Waals surface area contributed by atoms with E-state index in [2.05, 4.69) is 30.5 Å². The van der Waals surface area contributed by atoms with Gasteiger partial charge in [-0.05, 0) is 55.9 Å². The molecule has 0 radical (unpaired) electrons. The Kier molecular flexibility index (Phi) is 5.05. The monoisotopic (exact) mass is 274 g/mol. The van der Waals surface area contributed by atoms with Gasteiger partial charge in [-0.1, -0.05) is 20.3 Å². The fourth-order valence-electron chi connectivity index (χ4n) is 2.90. The molecule has 2 N–H and O–H groups in total. The third-order valence-corrected chi connectivity index (χ3v) is 4.23. The van der Waals surface area contributed by atoms with Crippen LogP contribution in [0.2, 0.25) is 0 Å². The molecule has 1 fully saturated rings. The third-order valence-electron chi connectivity index (χ3n) is 4.23. The van der Waals surface area contributed by atoms with Crippen LogP contribution in [0.1, 0.15) is 55.5 Å². The highest BCUT2D eigenvalue weighted by Crippen LogP contribution is 2.25. The molecule has 2 unspecified atom stereocenters. The van der Waals surface area contributed by atoms with Crippen LogP contribution in [0.25, 0.3) is 0 Å². The van der Waals surface area contributed by atoms with E-state index in [1.54, 1.807) is 0 Å². The van der Waals surface area contributed by atoms with Gasteiger partial charge in [-0.3, -0.25) is 4.79 Å². The molecular weight excluding hydrogens is 248 g/mol. The molecule has 3 nitrogen and oxygen atoms in total. The number of nitrogens with one attached hydrogen (secondary N) is 2. The molecular formula is C17H26N2O. The van der Waals surface area contributed by atoms with Gasteiger partial charge < -0.3 is 10.6 Å². The molecule has 0 aromatic heterocycles. The van der Waals surface area contributed by atoms with E-state index in [1.807, 2.05) is 19.1 Å². The molecule has 0 heterocycles. The summed E-state index contributed by atoms with van der Waals surface area (Å²) in [5.41, 5.74) is 2.93. The van der Waals surface area contributed by atoms with Crippen LogP contribution < -0.4 is 10.6 Å². The highest BCUT2D eigenvalue weighted by Gasteiger charge is 2.25. The van der Waals surface area contributed by atoms with Crippen LogP contribution in [0.4, 0.5) is 5.69 Å². The van der Waals surface area contributed by atoms with Gasteiger partial charge in [-0.2, -0.15) is 0 Å². The first-order chi connectivity index (χ1) is 9.61. The summed E-state index contributed by atoms with van der Waals surface area (Å²) in [5.74, 6) is 0.674. The molecule has 0 spiro atoms. The number of rotatable bonds is 5. The fourth-order valence-corrected chi connectivity index (χ4v) is 2.90. The molecule has 0 bridgehead atoms. The zero-order chi connectivity index (χ0) is 14.5. The minimum atomic E-state index is 0.0725. The lowest BCUT2D eigenvalue weighted by atomic mass is 10.0. The number of amides is 1. The van der Waals surface area contributed by atoms with Gasteiger partial charge in [0, 0.05) is 23.8 Å². The van der Waals surface area contributed by atoms with Crippen LogP contribution in [0, 0.1) is 12.8 Å². The average Bonchev–Trinajstić information content (AvgIpc) is 2.82. The fraction of sp³-hybridized carbons (Fsp3) is 0.588. The van der Waals surface area contributed by atoms with Crippen LogP contribution in [-0.2, 0) is 0 Å². The van der Waals surface area contributed by atoms with Gasteiger partial charge in [-0.25, -0.2) is 0 Å². The Morgan fingerprint density at radius 3 is 2.75 bits per heavy atom. The Morgan fingerprint density at radius 1 is 1.35 bits per heavy atom. The van der Waals surface area contributed by atoms with E-state index in [1.165, 1.54) is 12.8 Å². The summed E-state index contributed by atoms with van der Waals surface area (Å²) in [6.45, 7) is 7.34. The summed E-state index contributed by atoms with van der Waals surface area (Å²) >= 11 is 0. The minimum absolute atomic E-state index is 0.0725. The third kappa shape index (κ3) is 3.53. The first-order valence-electron chi connectivity index (χ1n) is 7.77. The second kappa shape index (κ2) is 6.78. The summed E-state index contributed by atoms with van der Waals surface area (Å²) in [5, 5.41) is 6.54. The van der Waals surface area contributed by atoms with Crippen molar-refractivity contribution < 1.29 is 4.79 Å². The molecule has 1 saturated carbocycles. The summed E-state index contributed by atoms with van der Waals surface area (Å²) in [6.07, 6.45) is 4.66. The summed E-state index contributed by atoms with van der Waals surface area (Å²) in [4.78, 5) is 12.4. The number of carbonyl (C=O) groups is 1. The van der Waals surface area contributed by atoms with E-state index in [0.29, 0.717) is 12.0 Å². The molecule has 110 valence electrons. The molecule has 1 aromatic carbocycles. The van der Waals surface area contributed by atoms with Gasteiger partial charge >= 0.3 is 0 Å². The Balaban J connectivity index is 2.02. The number of carbonyl (C=O) groups excluding carboxylic acids is 1. The largest absolute Gasteiger partial charge is 0.385 e. The Labute approximate surface area is 122 Å². The lowest BCUT2D eigenvalue weighted by molar-refractivity contribution is 0.0929. The van der Waals surface area contributed by atoms with Crippen LogP contribution >= 0.6 is 0 Å². The number of anilines is 1. The van der Waals surface area contributed by atoms with Crippen molar-refractivity contribution in [1.29, 1.82) is 0 Å². The Hall–Kier alpha value is -1.51. The van der Waals surface area contributed by atoms with Crippen molar-refractivity contribution in [2.75, 3.05) is 11.9 Å². The number of hydrogen-bond acceptors (Lipinski definition) is 2. The predicted molar refractivity (Wildman–Crippen MR) is 84.2 cm³/mol. The van der Waals surface area contributed by atoms with Crippen molar-refractivity contribution in [3.05, 3.63) is 29.3 Å². The van der Waals surface area contributed by atoms with Crippen molar-refractivity contribution in [2.45, 2.75) is 52.5 Å². The normalized spacial score (nSPS) is 21.8. The molecule has 0 saturated heterocycles. The Bertz CT molecular complexity index is 470. The zero-order valence-electron chi connectivity index (χ0n) is 12.8. The topological polar surface area (TPSA) is 41.1 Å². The molecule has 1 aliphatic rings. The SMILES string of the molecule is CCCNc1ccc(C(=O)NC2CCCC2C)c(C)c1. The number of benzene rings is 1. The van der Waals surface area contributed by atoms with Crippen molar-refractivity contribution in [1.82, 2.24) is 5.32 Å². The van der Waals surface area contributed by atoms with Gasteiger partial charge in [0.15, 0.2) is 0 Å². The van der Waals surface area contributed by atoms with Crippen LogP contribution in [0.15, 0.2) is 18.2 Å².